The van der Waals surface area contributed by atoms with Gasteiger partial charge in [-0.1, -0.05) is 52.4 Å². The summed E-state index contributed by atoms with van der Waals surface area (Å²) in [6.45, 7) is 5.41. The summed E-state index contributed by atoms with van der Waals surface area (Å²) in [6, 6.07) is 0.392. The van der Waals surface area contributed by atoms with Crippen LogP contribution in [0.4, 0.5) is 0 Å². The Morgan fingerprint density at radius 1 is 1.10 bits per heavy atom. The molecule has 0 saturated carbocycles. The van der Waals surface area contributed by atoms with Gasteiger partial charge in [0.2, 0.25) is 0 Å². The molecule has 1 N–H and O–H groups in total. The molecule has 2 aromatic rings. The van der Waals surface area contributed by atoms with Gasteiger partial charge < -0.3 is 5.32 Å². The van der Waals surface area contributed by atoms with E-state index in [0.29, 0.717) is 6.04 Å². The average molecular weight is 288 g/mol. The Bertz CT molecular complexity index is 520. The van der Waals surface area contributed by atoms with Crippen molar-refractivity contribution in [1.29, 1.82) is 0 Å². The van der Waals surface area contributed by atoms with Crippen molar-refractivity contribution in [1.82, 2.24) is 19.9 Å². The fraction of sp³-hybridized carbons (Fsp3) is 0.647. The first kappa shape index (κ1) is 16.0. The molecule has 0 spiro atoms. The minimum absolute atomic E-state index is 0.392. The molecule has 2 aromatic heterocycles. The van der Waals surface area contributed by atoms with Crippen LogP contribution < -0.4 is 5.32 Å². The van der Waals surface area contributed by atoms with Crippen molar-refractivity contribution < 1.29 is 0 Å². The van der Waals surface area contributed by atoms with Gasteiger partial charge in [0.25, 0.3) is 0 Å². The number of hydrogen-bond acceptors (Lipinski definition) is 3. The Balaban J connectivity index is 1.92. The summed E-state index contributed by atoms with van der Waals surface area (Å²) in [5.74, 6) is 0. The van der Waals surface area contributed by atoms with E-state index in [2.05, 4.69) is 29.2 Å². The molecule has 0 amide bonds. The van der Waals surface area contributed by atoms with Gasteiger partial charge in [0.15, 0.2) is 0 Å². The van der Waals surface area contributed by atoms with Crippen molar-refractivity contribution in [3.05, 3.63) is 30.4 Å². The Morgan fingerprint density at radius 3 is 2.71 bits per heavy atom. The van der Waals surface area contributed by atoms with Gasteiger partial charge in [-0.15, -0.1) is 0 Å². The smallest absolute Gasteiger partial charge is 0.0892 e. The molecular weight excluding hydrogens is 260 g/mol. The van der Waals surface area contributed by atoms with E-state index >= 15 is 0 Å². The summed E-state index contributed by atoms with van der Waals surface area (Å²) in [6.07, 6.45) is 16.8. The zero-order valence-electron chi connectivity index (χ0n) is 13.4. The van der Waals surface area contributed by atoms with E-state index in [-0.39, 0.29) is 0 Å². The first-order chi connectivity index (χ1) is 10.4. The second kappa shape index (κ2) is 8.78. The van der Waals surface area contributed by atoms with E-state index in [1.807, 2.05) is 23.1 Å². The number of aromatic nitrogens is 3. The van der Waals surface area contributed by atoms with Crippen molar-refractivity contribution >= 4 is 5.52 Å². The van der Waals surface area contributed by atoms with Crippen LogP contribution in [0, 0.1) is 0 Å². The Labute approximate surface area is 128 Å². The van der Waals surface area contributed by atoms with Crippen LogP contribution in [-0.4, -0.2) is 21.1 Å². The zero-order chi connectivity index (χ0) is 14.9. The van der Waals surface area contributed by atoms with E-state index in [0.717, 1.165) is 12.1 Å². The molecule has 0 bridgehead atoms. The van der Waals surface area contributed by atoms with Crippen molar-refractivity contribution in [2.75, 3.05) is 6.54 Å². The third-order valence-electron chi connectivity index (χ3n) is 4.03. The maximum atomic E-state index is 4.43. The zero-order valence-corrected chi connectivity index (χ0v) is 13.4. The normalized spacial score (nSPS) is 12.9. The number of hydrogen-bond donors (Lipinski definition) is 1. The first-order valence-electron chi connectivity index (χ1n) is 8.37. The van der Waals surface area contributed by atoms with E-state index in [9.17, 15) is 0 Å². The van der Waals surface area contributed by atoms with Gasteiger partial charge in [-0.2, -0.15) is 5.10 Å². The fourth-order valence-corrected chi connectivity index (χ4v) is 2.86. The molecule has 4 heteroatoms. The first-order valence-corrected chi connectivity index (χ1v) is 8.37. The van der Waals surface area contributed by atoms with Crippen LogP contribution in [0.25, 0.3) is 5.52 Å². The second-order valence-corrected chi connectivity index (χ2v) is 5.67. The minimum atomic E-state index is 0.392. The lowest BCUT2D eigenvalue weighted by Crippen LogP contribution is -2.20. The molecule has 0 aromatic carbocycles. The summed E-state index contributed by atoms with van der Waals surface area (Å²) >= 11 is 0. The number of rotatable bonds is 10. The van der Waals surface area contributed by atoms with Gasteiger partial charge in [-0.3, -0.25) is 4.98 Å². The van der Waals surface area contributed by atoms with Crippen molar-refractivity contribution in [2.45, 2.75) is 64.8 Å². The van der Waals surface area contributed by atoms with Gasteiger partial charge in [-0.25, -0.2) is 4.52 Å². The maximum Gasteiger partial charge on any atom is 0.0892 e. The van der Waals surface area contributed by atoms with Crippen molar-refractivity contribution in [2.24, 2.45) is 0 Å². The second-order valence-electron chi connectivity index (χ2n) is 5.67. The summed E-state index contributed by atoms with van der Waals surface area (Å²) in [4.78, 5) is 4.23. The van der Waals surface area contributed by atoms with E-state index in [1.165, 1.54) is 50.5 Å². The average Bonchev–Trinajstić information content (AvgIpc) is 2.93. The van der Waals surface area contributed by atoms with E-state index < -0.39 is 0 Å². The quantitative estimate of drug-likeness (QED) is 0.668. The summed E-state index contributed by atoms with van der Waals surface area (Å²) < 4.78 is 1.91. The lowest BCUT2D eigenvalue weighted by molar-refractivity contribution is 0.479. The molecule has 116 valence electrons. The van der Waals surface area contributed by atoms with Gasteiger partial charge >= 0.3 is 0 Å². The van der Waals surface area contributed by atoms with Crippen molar-refractivity contribution in [3.63, 3.8) is 0 Å². The maximum absolute atomic E-state index is 4.43. The van der Waals surface area contributed by atoms with Gasteiger partial charge in [0.1, 0.15) is 0 Å². The van der Waals surface area contributed by atoms with Crippen LogP contribution in [0.2, 0.25) is 0 Å². The van der Waals surface area contributed by atoms with Gasteiger partial charge in [0.05, 0.1) is 17.9 Å². The molecule has 1 atom stereocenters. The molecule has 0 fully saturated rings. The summed E-state index contributed by atoms with van der Waals surface area (Å²) in [5, 5.41) is 8.03. The lowest BCUT2D eigenvalue weighted by Gasteiger charge is -2.17. The third-order valence-corrected chi connectivity index (χ3v) is 4.03. The molecule has 0 radical (unpaired) electrons. The van der Waals surface area contributed by atoms with E-state index in [1.54, 1.807) is 6.20 Å². The Kier molecular flexibility index (Phi) is 6.67. The molecule has 4 nitrogen and oxygen atoms in total. The van der Waals surface area contributed by atoms with Crippen LogP contribution in [0.3, 0.4) is 0 Å². The molecule has 0 aliphatic heterocycles. The highest BCUT2D eigenvalue weighted by Gasteiger charge is 2.15. The lowest BCUT2D eigenvalue weighted by atomic mass is 10.0. The van der Waals surface area contributed by atoms with Crippen molar-refractivity contribution in [3.8, 4) is 0 Å². The monoisotopic (exact) mass is 288 g/mol. The number of unbranched alkanes of at least 4 members (excludes halogenated alkanes) is 5. The summed E-state index contributed by atoms with van der Waals surface area (Å²) in [7, 11) is 0. The Hall–Kier alpha value is -1.42. The molecule has 21 heavy (non-hydrogen) atoms. The minimum Gasteiger partial charge on any atom is -0.310 e. The molecule has 2 rings (SSSR count). The number of fused-ring (bicyclic) bond motifs is 1. The van der Waals surface area contributed by atoms with Crippen LogP contribution >= 0.6 is 0 Å². The molecule has 0 aliphatic rings. The molecule has 0 aliphatic carbocycles. The fourth-order valence-electron chi connectivity index (χ4n) is 2.86. The van der Waals surface area contributed by atoms with Crippen LogP contribution in [0.5, 0.6) is 0 Å². The summed E-state index contributed by atoms with van der Waals surface area (Å²) in [5.41, 5.74) is 2.40. The third kappa shape index (κ3) is 4.53. The topological polar surface area (TPSA) is 42.2 Å². The van der Waals surface area contributed by atoms with Gasteiger partial charge in [0, 0.05) is 24.0 Å². The molecular formula is C17H28N4. The highest BCUT2D eigenvalue weighted by molar-refractivity contribution is 5.53. The van der Waals surface area contributed by atoms with Gasteiger partial charge in [-0.05, 0) is 13.0 Å². The van der Waals surface area contributed by atoms with Crippen LogP contribution in [-0.2, 0) is 0 Å². The molecule has 0 saturated heterocycles. The SMILES string of the molecule is CCCCCCCCC(NCC)c1cnn2ccncc12. The predicted octanol–water partition coefficient (Wildman–Crippen LogP) is 4.13. The molecule has 1 unspecified atom stereocenters. The highest BCUT2D eigenvalue weighted by atomic mass is 15.2. The highest BCUT2D eigenvalue weighted by Crippen LogP contribution is 2.24. The number of nitrogens with one attached hydrogen (secondary N) is 1. The standard InChI is InChI=1S/C17H28N4/c1-3-5-6-7-8-9-10-16(19-4-2)15-13-20-21-12-11-18-14-17(15)21/h11-14,16,19H,3-10H2,1-2H3. The number of nitrogens with zero attached hydrogens (tertiary/aromatic N) is 3. The van der Waals surface area contributed by atoms with E-state index in [4.69, 9.17) is 0 Å². The predicted molar refractivity (Wildman–Crippen MR) is 87.4 cm³/mol. The largest absolute Gasteiger partial charge is 0.310 e. The Morgan fingerprint density at radius 2 is 1.90 bits per heavy atom. The van der Waals surface area contributed by atoms with Crippen LogP contribution in [0.1, 0.15) is 70.4 Å². The van der Waals surface area contributed by atoms with Crippen LogP contribution in [0.15, 0.2) is 24.8 Å². The molecule has 2 heterocycles.